The fraction of sp³-hybridized carbons (Fsp3) is 0.400. The Balaban J connectivity index is 2.29. The van der Waals surface area contributed by atoms with E-state index in [1.54, 1.807) is 12.1 Å². The molecule has 1 aromatic carbocycles. The lowest BCUT2D eigenvalue weighted by Gasteiger charge is -2.15. The molecular formula is C10H13NO2. The molecular weight excluding hydrogens is 166 g/mol. The Morgan fingerprint density at radius 3 is 2.69 bits per heavy atom. The Kier molecular flexibility index (Phi) is 2.20. The molecule has 0 amide bonds. The first-order valence-electron chi connectivity index (χ1n) is 4.48. The van der Waals surface area contributed by atoms with Crippen LogP contribution in [0.5, 0.6) is 5.75 Å². The Morgan fingerprint density at radius 2 is 2.08 bits per heavy atom. The fourth-order valence-corrected chi connectivity index (χ4v) is 1.76. The number of aromatic hydroxyl groups is 1. The van der Waals surface area contributed by atoms with E-state index in [-0.39, 0.29) is 17.9 Å². The van der Waals surface area contributed by atoms with Crippen molar-refractivity contribution in [2.75, 3.05) is 6.54 Å². The number of aliphatic hydroxyl groups is 1. The van der Waals surface area contributed by atoms with Crippen LogP contribution in [-0.4, -0.2) is 22.9 Å². The SMILES string of the molecule is Oc1ccccc1C1NCCC1O. The first-order chi connectivity index (χ1) is 6.29. The Bertz CT molecular complexity index is 301. The third kappa shape index (κ3) is 1.53. The van der Waals surface area contributed by atoms with Crippen molar-refractivity contribution in [2.24, 2.45) is 0 Å². The van der Waals surface area contributed by atoms with E-state index in [4.69, 9.17) is 0 Å². The standard InChI is InChI=1S/C10H13NO2/c12-8-4-2-1-3-7(8)10-9(13)5-6-11-10/h1-4,9-13H,5-6H2. The smallest absolute Gasteiger partial charge is 0.120 e. The molecule has 0 saturated carbocycles. The minimum absolute atomic E-state index is 0.110. The molecule has 1 aliphatic rings. The van der Waals surface area contributed by atoms with Crippen LogP contribution in [0.15, 0.2) is 24.3 Å². The van der Waals surface area contributed by atoms with Gasteiger partial charge in [0.25, 0.3) is 0 Å². The van der Waals surface area contributed by atoms with Gasteiger partial charge >= 0.3 is 0 Å². The molecule has 0 bridgehead atoms. The number of phenols is 1. The van der Waals surface area contributed by atoms with Gasteiger partial charge in [-0.15, -0.1) is 0 Å². The molecule has 1 saturated heterocycles. The summed E-state index contributed by atoms with van der Waals surface area (Å²) < 4.78 is 0. The van der Waals surface area contributed by atoms with Crippen molar-refractivity contribution in [1.82, 2.24) is 5.32 Å². The summed E-state index contributed by atoms with van der Waals surface area (Å²) in [5.41, 5.74) is 0.785. The van der Waals surface area contributed by atoms with E-state index in [1.807, 2.05) is 12.1 Å². The third-order valence-electron chi connectivity index (χ3n) is 2.46. The quantitative estimate of drug-likeness (QED) is 0.597. The van der Waals surface area contributed by atoms with Gasteiger partial charge in [-0.05, 0) is 19.0 Å². The highest BCUT2D eigenvalue weighted by molar-refractivity contribution is 5.35. The molecule has 0 aromatic heterocycles. The normalized spacial score (nSPS) is 27.8. The topological polar surface area (TPSA) is 52.5 Å². The third-order valence-corrected chi connectivity index (χ3v) is 2.46. The van der Waals surface area contributed by atoms with E-state index in [1.165, 1.54) is 0 Å². The number of nitrogens with one attached hydrogen (secondary N) is 1. The van der Waals surface area contributed by atoms with Crippen LogP contribution < -0.4 is 5.32 Å². The molecule has 2 rings (SSSR count). The van der Waals surface area contributed by atoms with Crippen LogP contribution in [0.2, 0.25) is 0 Å². The van der Waals surface area contributed by atoms with Crippen LogP contribution in [0.25, 0.3) is 0 Å². The maximum Gasteiger partial charge on any atom is 0.120 e. The zero-order valence-corrected chi connectivity index (χ0v) is 7.27. The lowest BCUT2D eigenvalue weighted by Crippen LogP contribution is -2.20. The molecule has 1 heterocycles. The lowest BCUT2D eigenvalue weighted by atomic mass is 10.0. The molecule has 13 heavy (non-hydrogen) atoms. The summed E-state index contributed by atoms with van der Waals surface area (Å²) in [6.07, 6.45) is 0.368. The van der Waals surface area contributed by atoms with Gasteiger partial charge < -0.3 is 15.5 Å². The molecule has 0 radical (unpaired) electrons. The highest BCUT2D eigenvalue weighted by Gasteiger charge is 2.27. The van der Waals surface area contributed by atoms with E-state index in [9.17, 15) is 10.2 Å². The maximum atomic E-state index is 9.59. The number of phenolic OH excluding ortho intramolecular Hbond substituents is 1. The number of hydrogen-bond acceptors (Lipinski definition) is 3. The van der Waals surface area contributed by atoms with Gasteiger partial charge in [-0.1, -0.05) is 18.2 Å². The number of aliphatic hydroxyl groups excluding tert-OH is 1. The average Bonchev–Trinajstić information content (AvgIpc) is 2.52. The van der Waals surface area contributed by atoms with E-state index < -0.39 is 0 Å². The molecule has 1 aliphatic heterocycles. The van der Waals surface area contributed by atoms with E-state index >= 15 is 0 Å². The van der Waals surface area contributed by atoms with Crippen molar-refractivity contribution in [3.8, 4) is 5.75 Å². The number of hydrogen-bond donors (Lipinski definition) is 3. The van der Waals surface area contributed by atoms with Crippen molar-refractivity contribution in [2.45, 2.75) is 18.6 Å². The van der Waals surface area contributed by atoms with Gasteiger partial charge in [-0.25, -0.2) is 0 Å². The Morgan fingerprint density at radius 1 is 1.31 bits per heavy atom. The summed E-state index contributed by atoms with van der Waals surface area (Å²) in [6, 6.07) is 7.01. The monoisotopic (exact) mass is 179 g/mol. The Labute approximate surface area is 77.0 Å². The zero-order valence-electron chi connectivity index (χ0n) is 7.27. The second-order valence-corrected chi connectivity index (χ2v) is 3.35. The van der Waals surface area contributed by atoms with Crippen LogP contribution in [0.4, 0.5) is 0 Å². The summed E-state index contributed by atoms with van der Waals surface area (Å²) in [6.45, 7) is 0.806. The van der Waals surface area contributed by atoms with Crippen molar-refractivity contribution in [3.63, 3.8) is 0 Å². The maximum absolute atomic E-state index is 9.59. The molecule has 3 N–H and O–H groups in total. The lowest BCUT2D eigenvalue weighted by molar-refractivity contribution is 0.158. The van der Waals surface area contributed by atoms with Crippen molar-refractivity contribution < 1.29 is 10.2 Å². The minimum atomic E-state index is -0.381. The molecule has 1 aromatic rings. The van der Waals surface area contributed by atoms with Crippen molar-refractivity contribution in [3.05, 3.63) is 29.8 Å². The first-order valence-corrected chi connectivity index (χ1v) is 4.48. The van der Waals surface area contributed by atoms with Crippen LogP contribution >= 0.6 is 0 Å². The number of rotatable bonds is 1. The molecule has 70 valence electrons. The van der Waals surface area contributed by atoms with Crippen LogP contribution in [0.1, 0.15) is 18.0 Å². The van der Waals surface area contributed by atoms with Crippen molar-refractivity contribution >= 4 is 0 Å². The van der Waals surface area contributed by atoms with Gasteiger partial charge in [0.2, 0.25) is 0 Å². The number of benzene rings is 1. The predicted octanol–water partition coefficient (Wildman–Crippen LogP) is 0.788. The van der Waals surface area contributed by atoms with Crippen molar-refractivity contribution in [1.29, 1.82) is 0 Å². The highest BCUT2D eigenvalue weighted by Crippen LogP contribution is 2.29. The summed E-state index contributed by atoms with van der Waals surface area (Å²) in [5, 5.41) is 22.3. The van der Waals surface area contributed by atoms with Gasteiger partial charge in [-0.2, -0.15) is 0 Å². The largest absolute Gasteiger partial charge is 0.508 e. The summed E-state index contributed by atoms with van der Waals surface area (Å²) >= 11 is 0. The van der Waals surface area contributed by atoms with Gasteiger partial charge in [0.15, 0.2) is 0 Å². The molecule has 0 spiro atoms. The molecule has 2 unspecified atom stereocenters. The second kappa shape index (κ2) is 3.36. The number of para-hydroxylation sites is 1. The van der Waals surface area contributed by atoms with Gasteiger partial charge in [0, 0.05) is 5.56 Å². The van der Waals surface area contributed by atoms with E-state index in [2.05, 4.69) is 5.32 Å². The summed E-state index contributed by atoms with van der Waals surface area (Å²) in [5.74, 6) is 0.251. The fourth-order valence-electron chi connectivity index (χ4n) is 1.76. The van der Waals surface area contributed by atoms with Gasteiger partial charge in [-0.3, -0.25) is 0 Å². The minimum Gasteiger partial charge on any atom is -0.508 e. The Hall–Kier alpha value is -1.06. The molecule has 0 aliphatic carbocycles. The van der Waals surface area contributed by atoms with Crippen LogP contribution in [0, 0.1) is 0 Å². The van der Waals surface area contributed by atoms with Gasteiger partial charge in [0.1, 0.15) is 5.75 Å². The second-order valence-electron chi connectivity index (χ2n) is 3.35. The van der Waals surface area contributed by atoms with Gasteiger partial charge in [0.05, 0.1) is 12.1 Å². The molecule has 3 nitrogen and oxygen atoms in total. The van der Waals surface area contributed by atoms with E-state index in [0.29, 0.717) is 0 Å². The molecule has 1 fully saturated rings. The predicted molar refractivity (Wildman–Crippen MR) is 49.5 cm³/mol. The summed E-state index contributed by atoms with van der Waals surface area (Å²) in [7, 11) is 0. The summed E-state index contributed by atoms with van der Waals surface area (Å²) in [4.78, 5) is 0. The van der Waals surface area contributed by atoms with Crippen LogP contribution in [0.3, 0.4) is 0 Å². The first kappa shape index (κ1) is 8.53. The highest BCUT2D eigenvalue weighted by atomic mass is 16.3. The molecule has 2 atom stereocenters. The van der Waals surface area contributed by atoms with Crippen LogP contribution in [-0.2, 0) is 0 Å². The average molecular weight is 179 g/mol. The zero-order chi connectivity index (χ0) is 9.26. The van der Waals surface area contributed by atoms with E-state index in [0.717, 1.165) is 18.5 Å². The molecule has 3 heteroatoms.